The molecule has 112 valence electrons. The van der Waals surface area contributed by atoms with Crippen LogP contribution in [0.25, 0.3) is 0 Å². The van der Waals surface area contributed by atoms with Gasteiger partial charge in [0.2, 0.25) is 5.91 Å². The summed E-state index contributed by atoms with van der Waals surface area (Å²) in [6.07, 6.45) is 5.85. The Bertz CT molecular complexity index is 706. The van der Waals surface area contributed by atoms with E-state index in [0.717, 1.165) is 12.3 Å². The molecule has 0 fully saturated rings. The lowest BCUT2D eigenvalue weighted by molar-refractivity contribution is -0.386. The van der Waals surface area contributed by atoms with E-state index in [1.54, 1.807) is 0 Å². The quantitative estimate of drug-likeness (QED) is 0.439. The molecule has 1 rings (SSSR count). The monoisotopic (exact) mass is 311 g/mol. The number of para-hydroxylation sites is 1. The van der Waals surface area contributed by atoms with Crippen LogP contribution in [-0.4, -0.2) is 38.6 Å². The van der Waals surface area contributed by atoms with Gasteiger partial charge in [-0.25, -0.2) is 8.42 Å². The van der Waals surface area contributed by atoms with E-state index in [1.807, 2.05) is 0 Å². The zero-order valence-electron chi connectivity index (χ0n) is 11.1. The predicted octanol–water partition coefficient (Wildman–Crippen LogP) is 0.160. The first-order valence-electron chi connectivity index (χ1n) is 5.69. The number of carbonyl (C=O) groups is 1. The number of nitro benzene ring substituents is 1. The average Bonchev–Trinajstić information content (AvgIpc) is 2.41. The van der Waals surface area contributed by atoms with Gasteiger partial charge in [0.05, 0.1) is 18.0 Å². The van der Waals surface area contributed by atoms with Crippen molar-refractivity contribution in [2.75, 3.05) is 24.7 Å². The summed E-state index contributed by atoms with van der Waals surface area (Å²) < 4.78 is 23.1. The first kappa shape index (κ1) is 16.5. The highest BCUT2D eigenvalue weighted by Crippen LogP contribution is 2.31. The molecule has 0 spiro atoms. The Morgan fingerprint density at radius 1 is 1.48 bits per heavy atom. The highest BCUT2D eigenvalue weighted by atomic mass is 32.2. The van der Waals surface area contributed by atoms with Crippen molar-refractivity contribution in [3.8, 4) is 12.3 Å². The number of benzene rings is 1. The van der Waals surface area contributed by atoms with Crippen molar-refractivity contribution in [1.29, 1.82) is 0 Å². The smallest absolute Gasteiger partial charge is 0.310 e. The van der Waals surface area contributed by atoms with Crippen LogP contribution in [0.4, 0.5) is 11.4 Å². The Kier molecular flexibility index (Phi) is 5.26. The van der Waals surface area contributed by atoms with E-state index < -0.39 is 31.3 Å². The largest absolute Gasteiger partial charge is 0.371 e. The third-order valence-electron chi connectivity index (χ3n) is 2.41. The van der Waals surface area contributed by atoms with Gasteiger partial charge in [-0.15, -0.1) is 6.42 Å². The van der Waals surface area contributed by atoms with E-state index in [2.05, 4.69) is 16.6 Å². The maximum absolute atomic E-state index is 11.6. The molecular weight excluding hydrogens is 298 g/mol. The molecule has 0 saturated heterocycles. The van der Waals surface area contributed by atoms with Crippen molar-refractivity contribution in [1.82, 2.24) is 5.32 Å². The first-order valence-corrected chi connectivity index (χ1v) is 7.58. The summed E-state index contributed by atoms with van der Waals surface area (Å²) in [6.45, 7) is -0.234. The molecule has 0 aliphatic carbocycles. The number of carbonyl (C=O) groups excluding carboxylic acids is 1. The first-order chi connectivity index (χ1) is 9.77. The third-order valence-corrected chi connectivity index (χ3v) is 3.54. The lowest BCUT2D eigenvalue weighted by atomic mass is 10.2. The minimum absolute atomic E-state index is 0.0337. The predicted molar refractivity (Wildman–Crippen MR) is 76.5 cm³/mol. The molecule has 0 heterocycles. The number of nitro groups is 1. The number of amides is 1. The Balaban J connectivity index is 3.06. The van der Waals surface area contributed by atoms with Gasteiger partial charge in [-0.1, -0.05) is 12.0 Å². The summed E-state index contributed by atoms with van der Waals surface area (Å²) in [5, 5.41) is 16.0. The summed E-state index contributed by atoms with van der Waals surface area (Å²) in [5.74, 6) is 1.74. The van der Waals surface area contributed by atoms with Gasteiger partial charge in [-0.3, -0.25) is 14.9 Å². The van der Waals surface area contributed by atoms with Crippen molar-refractivity contribution < 1.29 is 18.1 Å². The van der Waals surface area contributed by atoms with Gasteiger partial charge in [0, 0.05) is 6.26 Å². The molecule has 0 aliphatic rings. The number of anilines is 1. The van der Waals surface area contributed by atoms with Crippen molar-refractivity contribution in [2.45, 2.75) is 4.90 Å². The number of hydrogen-bond donors (Lipinski definition) is 2. The van der Waals surface area contributed by atoms with Crippen LogP contribution in [0.5, 0.6) is 0 Å². The van der Waals surface area contributed by atoms with Crippen molar-refractivity contribution >= 4 is 27.1 Å². The molecule has 8 nitrogen and oxygen atoms in total. The van der Waals surface area contributed by atoms with Crippen LogP contribution in [0.3, 0.4) is 0 Å². The molecule has 0 aromatic heterocycles. The number of terminal acetylenes is 1. The van der Waals surface area contributed by atoms with Crippen LogP contribution in [0, 0.1) is 22.5 Å². The van der Waals surface area contributed by atoms with Crippen molar-refractivity contribution in [2.24, 2.45) is 0 Å². The highest BCUT2D eigenvalue weighted by Gasteiger charge is 2.26. The Morgan fingerprint density at radius 3 is 2.67 bits per heavy atom. The molecule has 1 aromatic rings. The number of rotatable bonds is 6. The van der Waals surface area contributed by atoms with Gasteiger partial charge < -0.3 is 10.6 Å². The molecule has 0 radical (unpaired) electrons. The SMILES string of the molecule is C#CCNC(=O)CNc1cccc(S(C)(=O)=O)c1[N+](=O)[O-]. The third kappa shape index (κ3) is 4.47. The van der Waals surface area contributed by atoms with Crippen LogP contribution in [0.2, 0.25) is 0 Å². The fourth-order valence-corrected chi connectivity index (χ4v) is 2.40. The van der Waals surface area contributed by atoms with E-state index in [-0.39, 0.29) is 18.8 Å². The molecule has 0 atom stereocenters. The fourth-order valence-electron chi connectivity index (χ4n) is 1.54. The summed E-state index contributed by atoms with van der Waals surface area (Å²) in [4.78, 5) is 21.2. The average molecular weight is 311 g/mol. The van der Waals surface area contributed by atoms with Gasteiger partial charge in [0.25, 0.3) is 0 Å². The maximum Gasteiger partial charge on any atom is 0.310 e. The lowest BCUT2D eigenvalue weighted by Gasteiger charge is -2.09. The van der Waals surface area contributed by atoms with Gasteiger partial charge in [-0.2, -0.15) is 0 Å². The molecule has 1 aromatic carbocycles. The van der Waals surface area contributed by atoms with Gasteiger partial charge in [-0.05, 0) is 12.1 Å². The summed E-state index contributed by atoms with van der Waals surface area (Å²) >= 11 is 0. The fraction of sp³-hybridized carbons (Fsp3) is 0.250. The molecule has 1 amide bonds. The topological polar surface area (TPSA) is 118 Å². The number of hydrogen-bond acceptors (Lipinski definition) is 6. The Morgan fingerprint density at radius 2 is 2.14 bits per heavy atom. The second kappa shape index (κ2) is 6.71. The number of nitrogens with one attached hydrogen (secondary N) is 2. The lowest BCUT2D eigenvalue weighted by Crippen LogP contribution is -2.30. The summed E-state index contributed by atoms with van der Waals surface area (Å²) in [6, 6.07) is 3.81. The van der Waals surface area contributed by atoms with Crippen molar-refractivity contribution in [3.05, 3.63) is 28.3 Å². The van der Waals surface area contributed by atoms with Gasteiger partial charge in [0.1, 0.15) is 10.6 Å². The molecule has 2 N–H and O–H groups in total. The van der Waals surface area contributed by atoms with Crippen LogP contribution in [-0.2, 0) is 14.6 Å². The minimum Gasteiger partial charge on any atom is -0.371 e. The zero-order chi connectivity index (χ0) is 16.0. The van der Waals surface area contributed by atoms with E-state index in [1.165, 1.54) is 12.1 Å². The van der Waals surface area contributed by atoms with Gasteiger partial charge >= 0.3 is 5.69 Å². The summed E-state index contributed by atoms with van der Waals surface area (Å²) in [5.41, 5.74) is -0.650. The van der Waals surface area contributed by atoms with Crippen LogP contribution < -0.4 is 10.6 Å². The molecule has 0 unspecified atom stereocenters. The van der Waals surface area contributed by atoms with Crippen LogP contribution in [0.15, 0.2) is 23.1 Å². The number of nitrogens with zero attached hydrogens (tertiary/aromatic N) is 1. The van der Waals surface area contributed by atoms with E-state index in [4.69, 9.17) is 6.42 Å². The Labute approximate surface area is 121 Å². The number of sulfone groups is 1. The molecule has 0 bridgehead atoms. The zero-order valence-corrected chi connectivity index (χ0v) is 11.9. The Hall–Kier alpha value is -2.60. The maximum atomic E-state index is 11.6. The standard InChI is InChI=1S/C12H13N3O5S/c1-3-7-13-11(16)8-14-9-5-4-6-10(21(2,19)20)12(9)15(17)18/h1,4-6,14H,7-8H2,2H3,(H,13,16). The van der Waals surface area contributed by atoms with Crippen LogP contribution in [0.1, 0.15) is 0 Å². The van der Waals surface area contributed by atoms with E-state index >= 15 is 0 Å². The molecule has 0 saturated carbocycles. The molecule has 9 heteroatoms. The summed E-state index contributed by atoms with van der Waals surface area (Å²) in [7, 11) is -3.76. The van der Waals surface area contributed by atoms with E-state index in [0.29, 0.717) is 0 Å². The molecular formula is C12H13N3O5S. The minimum atomic E-state index is -3.76. The van der Waals surface area contributed by atoms with Crippen molar-refractivity contribution in [3.63, 3.8) is 0 Å². The van der Waals surface area contributed by atoms with Gasteiger partial charge in [0.15, 0.2) is 9.84 Å². The molecule has 21 heavy (non-hydrogen) atoms. The molecule has 0 aliphatic heterocycles. The van der Waals surface area contributed by atoms with E-state index in [9.17, 15) is 23.3 Å². The second-order valence-electron chi connectivity index (χ2n) is 4.02. The normalized spacial score (nSPS) is 10.5. The van der Waals surface area contributed by atoms with Crippen LogP contribution >= 0.6 is 0 Å². The highest BCUT2D eigenvalue weighted by molar-refractivity contribution is 7.90. The second-order valence-corrected chi connectivity index (χ2v) is 6.00.